The second kappa shape index (κ2) is 7.50. The van der Waals surface area contributed by atoms with E-state index in [4.69, 9.17) is 4.42 Å². The molecule has 0 N–H and O–H groups in total. The van der Waals surface area contributed by atoms with Crippen molar-refractivity contribution >= 4 is 11.1 Å². The van der Waals surface area contributed by atoms with E-state index in [9.17, 15) is 0 Å². The molecule has 0 spiro atoms. The maximum absolute atomic E-state index is 5.82. The minimum Gasteiger partial charge on any atom is -0.436 e. The van der Waals surface area contributed by atoms with E-state index in [1.807, 2.05) is 66.7 Å². The fourth-order valence-electron chi connectivity index (χ4n) is 3.21. The van der Waals surface area contributed by atoms with Crippen LogP contribution in [0.1, 0.15) is 11.1 Å². The highest BCUT2D eigenvalue weighted by Crippen LogP contribution is 2.24. The van der Waals surface area contributed by atoms with Crippen molar-refractivity contribution in [1.82, 2.24) is 4.98 Å². The third kappa shape index (κ3) is 3.67. The number of aromatic nitrogens is 1. The van der Waals surface area contributed by atoms with E-state index in [1.54, 1.807) is 0 Å². The molecule has 1 aromatic heterocycles. The Morgan fingerprint density at radius 1 is 0.517 bits per heavy atom. The SMILES string of the molecule is C(#Cc1ccc(-c2nc3ccccc3o2)cc1)c1ccc(-c2ccccc2)cc1. The topological polar surface area (TPSA) is 26.0 Å². The Morgan fingerprint density at radius 2 is 1.07 bits per heavy atom. The van der Waals surface area contributed by atoms with Gasteiger partial charge < -0.3 is 4.42 Å². The Labute approximate surface area is 169 Å². The fourth-order valence-corrected chi connectivity index (χ4v) is 3.21. The molecule has 136 valence electrons. The van der Waals surface area contributed by atoms with Gasteiger partial charge in [0.05, 0.1) is 0 Å². The van der Waals surface area contributed by atoms with E-state index in [-0.39, 0.29) is 0 Å². The van der Waals surface area contributed by atoms with Gasteiger partial charge in [0.2, 0.25) is 5.89 Å². The number of rotatable bonds is 2. The van der Waals surface area contributed by atoms with Crippen LogP contribution in [0.3, 0.4) is 0 Å². The zero-order valence-electron chi connectivity index (χ0n) is 15.7. The summed E-state index contributed by atoms with van der Waals surface area (Å²) in [6, 6.07) is 34.4. The molecule has 2 heteroatoms. The van der Waals surface area contributed by atoms with Gasteiger partial charge in [0.25, 0.3) is 0 Å². The first kappa shape index (κ1) is 17.0. The van der Waals surface area contributed by atoms with Gasteiger partial charge in [0.15, 0.2) is 5.58 Å². The summed E-state index contributed by atoms with van der Waals surface area (Å²) in [4.78, 5) is 4.54. The average molecular weight is 371 g/mol. The molecule has 0 saturated heterocycles. The molecule has 0 atom stereocenters. The maximum atomic E-state index is 5.82. The standard InChI is InChI=1S/C27H17NO/c1-2-6-22(7-3-1)23-16-12-20(13-17-23)10-11-21-14-18-24(19-15-21)27-28-25-8-4-5-9-26(25)29-27/h1-9,12-19H. The summed E-state index contributed by atoms with van der Waals surface area (Å²) in [6.07, 6.45) is 0. The molecule has 2 nitrogen and oxygen atoms in total. The second-order valence-corrected chi connectivity index (χ2v) is 6.76. The smallest absolute Gasteiger partial charge is 0.227 e. The third-order valence-corrected chi connectivity index (χ3v) is 4.77. The maximum Gasteiger partial charge on any atom is 0.227 e. The lowest BCUT2D eigenvalue weighted by atomic mass is 10.0. The third-order valence-electron chi connectivity index (χ3n) is 4.77. The van der Waals surface area contributed by atoms with Gasteiger partial charge in [0.1, 0.15) is 5.52 Å². The minimum atomic E-state index is 0.627. The van der Waals surface area contributed by atoms with Gasteiger partial charge in [-0.15, -0.1) is 0 Å². The molecule has 0 aliphatic carbocycles. The summed E-state index contributed by atoms with van der Waals surface area (Å²) < 4.78 is 5.82. The van der Waals surface area contributed by atoms with Crippen molar-refractivity contribution < 1.29 is 4.42 Å². The normalized spacial score (nSPS) is 10.5. The van der Waals surface area contributed by atoms with Crippen molar-refractivity contribution in [3.63, 3.8) is 0 Å². The van der Waals surface area contributed by atoms with Crippen LogP contribution >= 0.6 is 0 Å². The molecule has 0 saturated carbocycles. The summed E-state index contributed by atoms with van der Waals surface area (Å²) in [7, 11) is 0. The summed E-state index contributed by atoms with van der Waals surface area (Å²) in [5.74, 6) is 7.08. The average Bonchev–Trinajstić information content (AvgIpc) is 3.23. The van der Waals surface area contributed by atoms with Crippen LogP contribution in [0.15, 0.2) is 108 Å². The molecule has 0 bridgehead atoms. The highest BCUT2D eigenvalue weighted by atomic mass is 16.3. The number of hydrogen-bond donors (Lipinski definition) is 0. The quantitative estimate of drug-likeness (QED) is 0.328. The van der Waals surface area contributed by atoms with Crippen molar-refractivity contribution in [3.8, 4) is 34.4 Å². The van der Waals surface area contributed by atoms with Crippen molar-refractivity contribution in [2.75, 3.05) is 0 Å². The minimum absolute atomic E-state index is 0.627. The van der Waals surface area contributed by atoms with Crippen LogP contribution in [0.2, 0.25) is 0 Å². The molecule has 0 aliphatic rings. The number of fused-ring (bicyclic) bond motifs is 1. The number of oxazole rings is 1. The van der Waals surface area contributed by atoms with E-state index >= 15 is 0 Å². The summed E-state index contributed by atoms with van der Waals surface area (Å²) in [5, 5.41) is 0. The largest absolute Gasteiger partial charge is 0.436 e. The molecule has 0 aliphatic heterocycles. The second-order valence-electron chi connectivity index (χ2n) is 6.76. The van der Waals surface area contributed by atoms with Crippen LogP contribution in [-0.2, 0) is 0 Å². The molecule has 0 radical (unpaired) electrons. The van der Waals surface area contributed by atoms with E-state index < -0.39 is 0 Å². The first-order chi connectivity index (χ1) is 14.3. The van der Waals surface area contributed by atoms with E-state index in [0.29, 0.717) is 5.89 Å². The fraction of sp³-hybridized carbons (Fsp3) is 0. The molecular weight excluding hydrogens is 354 g/mol. The molecule has 5 rings (SSSR count). The van der Waals surface area contributed by atoms with Crippen LogP contribution < -0.4 is 0 Å². The van der Waals surface area contributed by atoms with Gasteiger partial charge in [-0.3, -0.25) is 0 Å². The Kier molecular flexibility index (Phi) is 4.41. The summed E-state index contributed by atoms with van der Waals surface area (Å²) in [5.41, 5.74) is 6.96. The van der Waals surface area contributed by atoms with Gasteiger partial charge in [-0.1, -0.05) is 66.4 Å². The predicted octanol–water partition coefficient (Wildman–Crippen LogP) is 6.56. The lowest BCUT2D eigenvalue weighted by molar-refractivity contribution is 0.620. The Hall–Kier alpha value is -4.09. The number of nitrogens with zero attached hydrogens (tertiary/aromatic N) is 1. The molecule has 29 heavy (non-hydrogen) atoms. The van der Waals surface area contributed by atoms with E-state index in [1.165, 1.54) is 11.1 Å². The highest BCUT2D eigenvalue weighted by molar-refractivity contribution is 5.76. The molecule has 5 aromatic rings. The first-order valence-electron chi connectivity index (χ1n) is 9.49. The molecule has 0 amide bonds. The predicted molar refractivity (Wildman–Crippen MR) is 117 cm³/mol. The van der Waals surface area contributed by atoms with Crippen LogP contribution in [0.25, 0.3) is 33.7 Å². The molecular formula is C27H17NO. The number of para-hydroxylation sites is 2. The Morgan fingerprint density at radius 3 is 1.72 bits per heavy atom. The van der Waals surface area contributed by atoms with Crippen LogP contribution in [-0.4, -0.2) is 4.98 Å². The Bertz CT molecular complexity index is 1290. The van der Waals surface area contributed by atoms with Crippen molar-refractivity contribution in [2.24, 2.45) is 0 Å². The van der Waals surface area contributed by atoms with Gasteiger partial charge >= 0.3 is 0 Å². The lowest BCUT2D eigenvalue weighted by Crippen LogP contribution is -1.80. The first-order valence-corrected chi connectivity index (χ1v) is 9.49. The number of benzene rings is 4. The van der Waals surface area contributed by atoms with E-state index in [0.717, 1.165) is 27.8 Å². The van der Waals surface area contributed by atoms with Crippen molar-refractivity contribution in [2.45, 2.75) is 0 Å². The zero-order chi connectivity index (χ0) is 19.5. The summed E-state index contributed by atoms with van der Waals surface area (Å²) in [6.45, 7) is 0. The van der Waals surface area contributed by atoms with Gasteiger partial charge in [-0.2, -0.15) is 0 Å². The highest BCUT2D eigenvalue weighted by Gasteiger charge is 2.07. The van der Waals surface area contributed by atoms with Gasteiger partial charge in [-0.05, 0) is 59.7 Å². The molecule has 4 aromatic carbocycles. The van der Waals surface area contributed by atoms with Crippen molar-refractivity contribution in [1.29, 1.82) is 0 Å². The monoisotopic (exact) mass is 371 g/mol. The lowest BCUT2D eigenvalue weighted by Gasteiger charge is -2.00. The van der Waals surface area contributed by atoms with Gasteiger partial charge in [0, 0.05) is 16.7 Å². The van der Waals surface area contributed by atoms with Crippen molar-refractivity contribution in [3.05, 3.63) is 114 Å². The van der Waals surface area contributed by atoms with Crippen LogP contribution in [0, 0.1) is 11.8 Å². The Balaban J connectivity index is 1.34. The molecule has 1 heterocycles. The van der Waals surface area contributed by atoms with E-state index in [2.05, 4.69) is 53.2 Å². The van der Waals surface area contributed by atoms with Crippen LogP contribution in [0.4, 0.5) is 0 Å². The number of hydrogen-bond acceptors (Lipinski definition) is 2. The van der Waals surface area contributed by atoms with Gasteiger partial charge in [-0.25, -0.2) is 4.98 Å². The molecule has 0 fully saturated rings. The molecule has 0 unspecified atom stereocenters. The summed E-state index contributed by atoms with van der Waals surface area (Å²) >= 11 is 0. The zero-order valence-corrected chi connectivity index (χ0v) is 15.7. The van der Waals surface area contributed by atoms with Crippen LogP contribution in [0.5, 0.6) is 0 Å².